The minimum absolute atomic E-state index is 0.115. The Morgan fingerprint density at radius 2 is 1.96 bits per heavy atom. The summed E-state index contributed by atoms with van der Waals surface area (Å²) in [6.45, 7) is 2.68. The van der Waals surface area contributed by atoms with Gasteiger partial charge in [0.15, 0.2) is 0 Å². The van der Waals surface area contributed by atoms with Gasteiger partial charge in [0, 0.05) is 23.8 Å². The number of carbonyl (C=O) groups excluding carboxylic acids is 2. The van der Waals surface area contributed by atoms with Gasteiger partial charge in [0.25, 0.3) is 0 Å². The highest BCUT2D eigenvalue weighted by Crippen LogP contribution is 2.20. The van der Waals surface area contributed by atoms with Gasteiger partial charge in [0.2, 0.25) is 5.91 Å². The lowest BCUT2D eigenvalue weighted by Gasteiger charge is -2.17. The van der Waals surface area contributed by atoms with Crippen molar-refractivity contribution in [3.63, 3.8) is 0 Å². The van der Waals surface area contributed by atoms with Gasteiger partial charge in [0.05, 0.1) is 0 Å². The maximum absolute atomic E-state index is 12.4. The van der Waals surface area contributed by atoms with Crippen LogP contribution in [0, 0.1) is 5.92 Å². The maximum Gasteiger partial charge on any atom is 0.319 e. The number of benzene rings is 1. The molecule has 0 aliphatic carbocycles. The van der Waals surface area contributed by atoms with Crippen LogP contribution in [0.1, 0.15) is 26.2 Å². The van der Waals surface area contributed by atoms with Crippen molar-refractivity contribution in [1.29, 1.82) is 0 Å². The predicted molar refractivity (Wildman–Crippen MR) is 94.6 cm³/mol. The van der Waals surface area contributed by atoms with E-state index in [0.29, 0.717) is 17.3 Å². The van der Waals surface area contributed by atoms with Gasteiger partial charge in [-0.2, -0.15) is 0 Å². The third-order valence-electron chi connectivity index (χ3n) is 4.13. The molecule has 1 aliphatic heterocycles. The van der Waals surface area contributed by atoms with Crippen LogP contribution < -0.4 is 10.6 Å². The lowest BCUT2D eigenvalue weighted by molar-refractivity contribution is -0.142. The molecule has 136 valence electrons. The van der Waals surface area contributed by atoms with Crippen LogP contribution in [-0.4, -0.2) is 47.0 Å². The molecular weight excluding hydrogens is 346 g/mol. The topological polar surface area (TPSA) is 98.7 Å². The van der Waals surface area contributed by atoms with E-state index in [1.807, 2.05) is 0 Å². The van der Waals surface area contributed by atoms with Crippen molar-refractivity contribution in [2.45, 2.75) is 32.2 Å². The monoisotopic (exact) mass is 367 g/mol. The van der Waals surface area contributed by atoms with Crippen LogP contribution in [-0.2, 0) is 9.59 Å². The number of urea groups is 1. The van der Waals surface area contributed by atoms with Crippen molar-refractivity contribution in [3.8, 4) is 0 Å². The average Bonchev–Trinajstić information content (AvgIpc) is 2.87. The normalized spacial score (nSPS) is 19.8. The van der Waals surface area contributed by atoms with Crippen LogP contribution in [0.4, 0.5) is 10.5 Å². The van der Waals surface area contributed by atoms with Gasteiger partial charge in [-0.15, -0.1) is 0 Å². The number of anilines is 1. The lowest BCUT2D eigenvalue weighted by atomic mass is 10.0. The number of carboxylic acids is 1. The van der Waals surface area contributed by atoms with E-state index in [4.69, 9.17) is 11.6 Å². The molecule has 1 saturated heterocycles. The predicted octanol–water partition coefficient (Wildman–Crippen LogP) is 2.56. The van der Waals surface area contributed by atoms with E-state index < -0.39 is 24.0 Å². The number of likely N-dealkylation sites (tertiary alicyclic amines) is 1. The Kier molecular flexibility index (Phi) is 6.64. The highest BCUT2D eigenvalue weighted by atomic mass is 35.5. The number of carboxylic acid groups (broad SMARTS) is 1. The number of aliphatic carboxylic acids is 1. The van der Waals surface area contributed by atoms with E-state index in [-0.39, 0.29) is 12.5 Å². The summed E-state index contributed by atoms with van der Waals surface area (Å²) in [4.78, 5) is 37.5. The minimum Gasteiger partial charge on any atom is -0.481 e. The maximum atomic E-state index is 12.4. The quantitative estimate of drug-likeness (QED) is 0.645. The Balaban J connectivity index is 1.99. The first kappa shape index (κ1) is 19.1. The summed E-state index contributed by atoms with van der Waals surface area (Å²) < 4.78 is 0. The summed E-state index contributed by atoms with van der Waals surface area (Å²) in [5.41, 5.74) is 0.499. The lowest BCUT2D eigenvalue weighted by Crippen LogP contribution is -2.47. The fourth-order valence-corrected chi connectivity index (χ4v) is 2.91. The third kappa shape index (κ3) is 5.09. The Morgan fingerprint density at radius 3 is 2.56 bits per heavy atom. The van der Waals surface area contributed by atoms with E-state index in [2.05, 4.69) is 17.6 Å². The van der Waals surface area contributed by atoms with Crippen LogP contribution >= 0.6 is 11.6 Å². The van der Waals surface area contributed by atoms with Crippen molar-refractivity contribution < 1.29 is 19.5 Å². The Bertz CT molecular complexity index is 635. The summed E-state index contributed by atoms with van der Waals surface area (Å²) in [5, 5.41) is 15.0. The van der Waals surface area contributed by atoms with E-state index in [1.165, 1.54) is 4.90 Å². The molecule has 2 atom stereocenters. The molecule has 1 heterocycles. The molecule has 0 bridgehead atoms. The van der Waals surface area contributed by atoms with Gasteiger partial charge >= 0.3 is 12.0 Å². The highest BCUT2D eigenvalue weighted by Gasteiger charge is 2.45. The molecule has 8 heteroatoms. The Hall–Kier alpha value is -2.28. The second-order valence-corrected chi connectivity index (χ2v) is 6.46. The summed E-state index contributed by atoms with van der Waals surface area (Å²) in [6.07, 6.45) is 2.80. The zero-order chi connectivity index (χ0) is 18.4. The smallest absolute Gasteiger partial charge is 0.319 e. The molecule has 1 aromatic carbocycles. The highest BCUT2D eigenvalue weighted by molar-refractivity contribution is 6.30. The van der Waals surface area contributed by atoms with E-state index in [0.717, 1.165) is 19.3 Å². The van der Waals surface area contributed by atoms with Crippen LogP contribution in [0.2, 0.25) is 5.02 Å². The van der Waals surface area contributed by atoms with Crippen molar-refractivity contribution in [1.82, 2.24) is 10.2 Å². The largest absolute Gasteiger partial charge is 0.481 e. The number of hydrogen-bond donors (Lipinski definition) is 3. The molecule has 3 amide bonds. The summed E-state index contributed by atoms with van der Waals surface area (Å²) in [5.74, 6) is -2.40. The first-order chi connectivity index (χ1) is 11.9. The molecule has 0 radical (unpaired) electrons. The third-order valence-corrected chi connectivity index (χ3v) is 4.39. The fourth-order valence-electron chi connectivity index (χ4n) is 2.78. The second kappa shape index (κ2) is 8.71. The number of hydrogen-bond acceptors (Lipinski definition) is 3. The summed E-state index contributed by atoms with van der Waals surface area (Å²) in [7, 11) is 0. The number of rotatable bonds is 7. The van der Waals surface area contributed by atoms with Gasteiger partial charge in [0.1, 0.15) is 12.0 Å². The van der Waals surface area contributed by atoms with Gasteiger partial charge in [-0.05, 0) is 30.7 Å². The first-order valence-electron chi connectivity index (χ1n) is 8.27. The minimum atomic E-state index is -1.09. The van der Waals surface area contributed by atoms with E-state index in [9.17, 15) is 19.5 Å². The molecule has 25 heavy (non-hydrogen) atoms. The van der Waals surface area contributed by atoms with Gasteiger partial charge in [-0.1, -0.05) is 31.4 Å². The molecule has 1 aromatic rings. The molecular formula is C17H22ClN3O4. The number of unbranched alkanes of at least 4 members (excludes halogenated alkanes) is 2. The zero-order valence-electron chi connectivity index (χ0n) is 14.0. The van der Waals surface area contributed by atoms with Crippen molar-refractivity contribution >= 4 is 35.2 Å². The standard InChI is InChI=1S/C17H22ClN3O4/c1-2-3-4-9-21-10-13(16(23)24)14(15(21)22)20-17(25)19-12-7-5-11(18)6-8-12/h5-8,13-14H,2-4,9-10H2,1H3,(H,23,24)(H2,19,20,25)/t13-,14-/m0/s1. The number of nitrogens with zero attached hydrogens (tertiary/aromatic N) is 1. The fraction of sp³-hybridized carbons (Fsp3) is 0.471. The number of amides is 3. The Labute approximate surface area is 151 Å². The average molecular weight is 368 g/mol. The molecule has 7 nitrogen and oxygen atoms in total. The molecule has 0 spiro atoms. The number of carbonyl (C=O) groups is 3. The SMILES string of the molecule is CCCCCN1C[C@H](C(=O)O)[C@H](NC(=O)Nc2ccc(Cl)cc2)C1=O. The second-order valence-electron chi connectivity index (χ2n) is 6.02. The first-order valence-corrected chi connectivity index (χ1v) is 8.65. The number of halogens is 1. The molecule has 3 N–H and O–H groups in total. The molecule has 0 aromatic heterocycles. The summed E-state index contributed by atoms with van der Waals surface area (Å²) >= 11 is 5.78. The molecule has 0 unspecified atom stereocenters. The van der Waals surface area contributed by atoms with Gasteiger partial charge in [-0.25, -0.2) is 4.79 Å². The van der Waals surface area contributed by atoms with Crippen LogP contribution in [0.5, 0.6) is 0 Å². The zero-order valence-corrected chi connectivity index (χ0v) is 14.8. The molecule has 1 aliphatic rings. The van der Waals surface area contributed by atoms with Crippen LogP contribution in [0.3, 0.4) is 0 Å². The van der Waals surface area contributed by atoms with Crippen LogP contribution in [0.25, 0.3) is 0 Å². The van der Waals surface area contributed by atoms with Crippen molar-refractivity contribution in [2.24, 2.45) is 5.92 Å². The van der Waals surface area contributed by atoms with Crippen LogP contribution in [0.15, 0.2) is 24.3 Å². The number of nitrogens with one attached hydrogen (secondary N) is 2. The van der Waals surface area contributed by atoms with E-state index in [1.54, 1.807) is 24.3 Å². The molecule has 1 fully saturated rings. The Morgan fingerprint density at radius 1 is 1.28 bits per heavy atom. The molecule has 0 saturated carbocycles. The van der Waals surface area contributed by atoms with E-state index >= 15 is 0 Å². The van der Waals surface area contributed by atoms with Crippen molar-refractivity contribution in [3.05, 3.63) is 29.3 Å². The van der Waals surface area contributed by atoms with Gasteiger partial charge < -0.3 is 20.6 Å². The van der Waals surface area contributed by atoms with Gasteiger partial charge in [-0.3, -0.25) is 9.59 Å². The summed E-state index contributed by atoms with van der Waals surface area (Å²) in [6, 6.07) is 4.78. The molecule has 2 rings (SSSR count). The van der Waals surface area contributed by atoms with Crippen molar-refractivity contribution in [2.75, 3.05) is 18.4 Å².